The molecule has 0 aliphatic carbocycles. The molecule has 0 radical (unpaired) electrons. The average molecular weight is 385 g/mol. The van der Waals surface area contributed by atoms with Gasteiger partial charge in [0.2, 0.25) is 5.95 Å². The van der Waals surface area contributed by atoms with Gasteiger partial charge >= 0.3 is 0 Å². The van der Waals surface area contributed by atoms with E-state index in [1.165, 1.54) is 28.6 Å². The summed E-state index contributed by atoms with van der Waals surface area (Å²) in [5, 5.41) is 3.52. The highest BCUT2D eigenvalue weighted by Gasteiger charge is 2.25. The van der Waals surface area contributed by atoms with Gasteiger partial charge in [-0.1, -0.05) is 0 Å². The summed E-state index contributed by atoms with van der Waals surface area (Å²) in [6, 6.07) is 0. The number of nitrogens with one attached hydrogen (secondary N) is 1. The second-order valence-corrected chi connectivity index (χ2v) is 8.14. The summed E-state index contributed by atoms with van der Waals surface area (Å²) in [5.41, 5.74) is 2.67. The third kappa shape index (κ3) is 4.32. The Morgan fingerprint density at radius 3 is 2.36 bits per heavy atom. The normalized spacial score (nSPS) is 22.1. The topological polar surface area (TPSA) is 47.5 Å². The van der Waals surface area contributed by atoms with Crippen LogP contribution in [0.2, 0.25) is 0 Å². The molecule has 0 saturated carbocycles. The summed E-state index contributed by atoms with van der Waals surface area (Å²) in [4.78, 5) is 17.3. The second-order valence-electron chi connectivity index (χ2n) is 6.91. The summed E-state index contributed by atoms with van der Waals surface area (Å²) in [6.45, 7) is 8.55. The zero-order chi connectivity index (χ0) is 16.4. The Morgan fingerprint density at radius 1 is 0.880 bits per heavy atom. The summed E-state index contributed by atoms with van der Waals surface area (Å²) in [6.07, 6.45) is 2.07. The van der Waals surface area contributed by atoms with Crippen LogP contribution in [0, 0.1) is 0 Å². The first kappa shape index (κ1) is 19.0. The highest BCUT2D eigenvalue weighted by molar-refractivity contribution is 7.99. The van der Waals surface area contributed by atoms with Crippen LogP contribution in [0.15, 0.2) is 0 Å². The van der Waals surface area contributed by atoms with Gasteiger partial charge in [0.05, 0.1) is 5.69 Å². The van der Waals surface area contributed by atoms with E-state index in [1.54, 1.807) is 0 Å². The van der Waals surface area contributed by atoms with Gasteiger partial charge in [0.25, 0.3) is 0 Å². The van der Waals surface area contributed by atoms with E-state index < -0.39 is 0 Å². The van der Waals surface area contributed by atoms with Gasteiger partial charge in [-0.15, -0.1) is 12.4 Å². The largest absolute Gasteiger partial charge is 0.355 e. The van der Waals surface area contributed by atoms with Gasteiger partial charge < -0.3 is 20.0 Å². The highest BCUT2D eigenvalue weighted by atomic mass is 35.5. The van der Waals surface area contributed by atoms with Gasteiger partial charge in [0.15, 0.2) is 0 Å². The number of halogens is 1. The van der Waals surface area contributed by atoms with Crippen molar-refractivity contribution >= 4 is 35.9 Å². The second kappa shape index (κ2) is 8.75. The molecule has 3 aliphatic heterocycles. The molecular weight excluding hydrogens is 356 g/mol. The number of likely N-dealkylation sites (N-methyl/N-ethyl adjacent to an activating group) is 1. The Morgan fingerprint density at radius 2 is 1.60 bits per heavy atom. The van der Waals surface area contributed by atoms with Gasteiger partial charge in [-0.05, 0) is 20.0 Å². The molecule has 2 fully saturated rings. The number of anilines is 2. The van der Waals surface area contributed by atoms with E-state index in [0.29, 0.717) is 0 Å². The number of fused-ring (bicyclic) bond motifs is 1. The van der Waals surface area contributed by atoms with Crippen LogP contribution in [0.3, 0.4) is 0 Å². The maximum absolute atomic E-state index is 5.09. The first-order chi connectivity index (χ1) is 11.8. The Kier molecular flexibility index (Phi) is 6.66. The third-order valence-corrected chi connectivity index (χ3v) is 6.19. The van der Waals surface area contributed by atoms with Crippen molar-refractivity contribution < 1.29 is 0 Å². The lowest BCUT2D eigenvalue weighted by atomic mass is 10.1. The fraction of sp³-hybridized carbons (Fsp3) is 0.765. The van der Waals surface area contributed by atoms with Crippen molar-refractivity contribution in [2.45, 2.75) is 12.8 Å². The lowest BCUT2D eigenvalue weighted by Gasteiger charge is -2.34. The van der Waals surface area contributed by atoms with E-state index in [-0.39, 0.29) is 12.4 Å². The molecule has 0 atom stereocenters. The predicted molar refractivity (Wildman–Crippen MR) is 109 cm³/mol. The van der Waals surface area contributed by atoms with Gasteiger partial charge in [-0.3, -0.25) is 0 Å². The average Bonchev–Trinajstić information content (AvgIpc) is 2.87. The molecule has 140 valence electrons. The van der Waals surface area contributed by atoms with E-state index >= 15 is 0 Å². The molecule has 0 aromatic carbocycles. The summed E-state index contributed by atoms with van der Waals surface area (Å²) in [5.74, 6) is 4.59. The Balaban J connectivity index is 0.00000182. The first-order valence-electron chi connectivity index (χ1n) is 9.18. The zero-order valence-corrected chi connectivity index (χ0v) is 16.7. The van der Waals surface area contributed by atoms with Crippen molar-refractivity contribution in [1.82, 2.24) is 20.2 Å². The Hall–Kier alpha value is -0.760. The predicted octanol–water partition coefficient (Wildman–Crippen LogP) is 0.892. The number of hydrogen-bond donors (Lipinski definition) is 1. The van der Waals surface area contributed by atoms with Crippen LogP contribution in [0.4, 0.5) is 11.8 Å². The number of thioether (sulfide) groups is 1. The van der Waals surface area contributed by atoms with Crippen LogP contribution >= 0.6 is 24.2 Å². The fourth-order valence-electron chi connectivity index (χ4n) is 3.70. The molecule has 0 amide bonds. The van der Waals surface area contributed by atoms with Crippen LogP contribution in [0.5, 0.6) is 0 Å². The van der Waals surface area contributed by atoms with Crippen LogP contribution in [-0.4, -0.2) is 85.8 Å². The van der Waals surface area contributed by atoms with Gasteiger partial charge in [-0.2, -0.15) is 16.7 Å². The summed E-state index contributed by atoms with van der Waals surface area (Å²) in [7, 11) is 2.19. The molecule has 1 aromatic rings. The molecule has 1 aromatic heterocycles. The minimum atomic E-state index is 0. The molecule has 2 saturated heterocycles. The van der Waals surface area contributed by atoms with Crippen molar-refractivity contribution in [3.63, 3.8) is 0 Å². The molecule has 0 unspecified atom stereocenters. The molecule has 4 rings (SSSR count). The number of hydrogen-bond acceptors (Lipinski definition) is 7. The van der Waals surface area contributed by atoms with E-state index in [9.17, 15) is 0 Å². The molecule has 0 spiro atoms. The summed E-state index contributed by atoms with van der Waals surface area (Å²) < 4.78 is 0. The fourth-order valence-corrected chi connectivity index (χ4v) is 4.60. The number of nitrogens with zero attached hydrogens (tertiary/aromatic N) is 5. The lowest BCUT2D eigenvalue weighted by Crippen LogP contribution is -2.45. The SMILES string of the molecule is CN1CCN(c2nc3c(c(N4CCSCC4)n2)CCNCC3)CC1.Cl. The third-order valence-electron chi connectivity index (χ3n) is 5.25. The number of aromatic nitrogens is 2. The molecule has 25 heavy (non-hydrogen) atoms. The Labute approximate surface area is 161 Å². The van der Waals surface area contributed by atoms with Crippen molar-refractivity contribution in [3.05, 3.63) is 11.3 Å². The van der Waals surface area contributed by atoms with Crippen molar-refractivity contribution in [3.8, 4) is 0 Å². The van der Waals surface area contributed by atoms with E-state index in [4.69, 9.17) is 9.97 Å². The zero-order valence-electron chi connectivity index (χ0n) is 15.0. The first-order valence-corrected chi connectivity index (χ1v) is 10.3. The van der Waals surface area contributed by atoms with Crippen molar-refractivity contribution in [2.75, 3.05) is 80.7 Å². The Bertz CT molecular complexity index is 573. The van der Waals surface area contributed by atoms with Crippen LogP contribution in [-0.2, 0) is 12.8 Å². The molecule has 4 heterocycles. The number of rotatable bonds is 2. The maximum atomic E-state index is 5.09. The molecule has 6 nitrogen and oxygen atoms in total. The molecule has 0 bridgehead atoms. The minimum Gasteiger partial charge on any atom is -0.355 e. The molecular formula is C17H29ClN6S. The quantitative estimate of drug-likeness (QED) is 0.812. The number of piperazine rings is 1. The van der Waals surface area contributed by atoms with Crippen LogP contribution < -0.4 is 15.1 Å². The standard InChI is InChI=1S/C17H28N6S.ClH/c1-21-6-8-23(9-7-21)17-19-15-3-5-18-4-2-14(15)16(20-17)22-10-12-24-13-11-22;/h18H,2-13H2,1H3;1H. The smallest absolute Gasteiger partial charge is 0.227 e. The highest BCUT2D eigenvalue weighted by Crippen LogP contribution is 2.28. The summed E-state index contributed by atoms with van der Waals surface area (Å²) >= 11 is 2.05. The molecule has 3 aliphatic rings. The minimum absolute atomic E-state index is 0. The lowest BCUT2D eigenvalue weighted by molar-refractivity contribution is 0.311. The van der Waals surface area contributed by atoms with Gasteiger partial charge in [0, 0.05) is 69.3 Å². The van der Waals surface area contributed by atoms with E-state index in [0.717, 1.165) is 71.1 Å². The van der Waals surface area contributed by atoms with Crippen molar-refractivity contribution in [1.29, 1.82) is 0 Å². The van der Waals surface area contributed by atoms with Gasteiger partial charge in [-0.25, -0.2) is 4.98 Å². The molecule has 8 heteroatoms. The van der Waals surface area contributed by atoms with Gasteiger partial charge in [0.1, 0.15) is 5.82 Å². The maximum Gasteiger partial charge on any atom is 0.227 e. The van der Waals surface area contributed by atoms with Crippen molar-refractivity contribution in [2.24, 2.45) is 0 Å². The van der Waals surface area contributed by atoms with E-state index in [2.05, 4.69) is 38.8 Å². The molecule has 1 N–H and O–H groups in total. The van der Waals surface area contributed by atoms with Crippen LogP contribution in [0.1, 0.15) is 11.3 Å². The van der Waals surface area contributed by atoms with E-state index in [1.807, 2.05) is 0 Å². The monoisotopic (exact) mass is 384 g/mol. The van der Waals surface area contributed by atoms with Crippen LogP contribution in [0.25, 0.3) is 0 Å².